The van der Waals surface area contributed by atoms with Crippen molar-refractivity contribution in [1.82, 2.24) is 0 Å². The molecule has 3 aliphatic rings. The van der Waals surface area contributed by atoms with E-state index in [0.717, 1.165) is 23.8 Å². The van der Waals surface area contributed by atoms with Crippen molar-refractivity contribution in [3.05, 3.63) is 89.5 Å². The molecule has 2 atom stereocenters. The second-order valence-corrected chi connectivity index (χ2v) is 16.3. The number of benzene rings is 3. The zero-order valence-electron chi connectivity index (χ0n) is 29.2. The van der Waals surface area contributed by atoms with Gasteiger partial charge in [0.15, 0.2) is 0 Å². The van der Waals surface area contributed by atoms with Gasteiger partial charge in [-0.15, -0.1) is 0 Å². The highest BCUT2D eigenvalue weighted by Crippen LogP contribution is 2.47. The van der Waals surface area contributed by atoms with E-state index >= 15 is 0 Å². The van der Waals surface area contributed by atoms with Crippen molar-refractivity contribution >= 4 is 30.8 Å². The van der Waals surface area contributed by atoms with E-state index in [4.69, 9.17) is 18.6 Å². The topological polar surface area (TPSA) is 40.2 Å². The molecule has 0 unspecified atom stereocenters. The quantitative estimate of drug-likeness (QED) is 0.279. The third-order valence-corrected chi connectivity index (χ3v) is 11.1. The first-order chi connectivity index (χ1) is 20.9. The first-order valence-corrected chi connectivity index (χ1v) is 16.7. The largest absolute Gasteiger partial charge is 0.494 e. The molecule has 3 heterocycles. The third kappa shape index (κ3) is 5.91. The lowest BCUT2D eigenvalue weighted by molar-refractivity contribution is 0.00578. The molecule has 45 heavy (non-hydrogen) atoms. The van der Waals surface area contributed by atoms with E-state index in [9.17, 15) is 0 Å². The van der Waals surface area contributed by atoms with Crippen molar-refractivity contribution in [2.75, 3.05) is 4.90 Å². The van der Waals surface area contributed by atoms with Crippen LogP contribution in [0.5, 0.6) is 0 Å². The second kappa shape index (κ2) is 11.0. The van der Waals surface area contributed by atoms with Crippen LogP contribution in [0.1, 0.15) is 118 Å². The summed E-state index contributed by atoms with van der Waals surface area (Å²) in [6, 6.07) is 27.5. The number of hydrogen-bond donors (Lipinski definition) is 0. The van der Waals surface area contributed by atoms with Crippen molar-refractivity contribution in [3.63, 3.8) is 0 Å². The predicted molar refractivity (Wildman–Crippen MR) is 187 cm³/mol. The summed E-state index contributed by atoms with van der Waals surface area (Å²) in [5, 5.41) is 0. The summed E-state index contributed by atoms with van der Waals surface area (Å²) in [7, 11) is -0.715. The van der Waals surface area contributed by atoms with Crippen LogP contribution in [0.2, 0.25) is 0 Å². The van der Waals surface area contributed by atoms with Crippen LogP contribution in [0.4, 0.5) is 5.69 Å². The minimum absolute atomic E-state index is 0.106. The van der Waals surface area contributed by atoms with E-state index in [2.05, 4.69) is 154 Å². The van der Waals surface area contributed by atoms with Crippen LogP contribution in [0.15, 0.2) is 72.8 Å². The standard InChI is InChI=1S/C38H51B2NO4/c1-34(2,3)28-16-22-31(23-17-28)41-32(26-12-18-29(19-13-26)39-42-35(4,5)36(6,7)43-39)24-25-33(41)27-14-20-30(21-15-27)40-44-37(8,9)38(10,11)45-40/h12-23,32-33H,24-25H2,1-11H3/t32-,33-/m1/s1. The van der Waals surface area contributed by atoms with E-state index in [1.54, 1.807) is 0 Å². The molecule has 0 aromatic heterocycles. The maximum Gasteiger partial charge on any atom is 0.494 e. The molecule has 0 amide bonds. The first-order valence-electron chi connectivity index (χ1n) is 16.7. The fourth-order valence-electron chi connectivity index (χ4n) is 6.67. The smallest absolute Gasteiger partial charge is 0.399 e. The van der Waals surface area contributed by atoms with Gasteiger partial charge < -0.3 is 23.5 Å². The highest BCUT2D eigenvalue weighted by Gasteiger charge is 2.53. The predicted octanol–water partition coefficient (Wildman–Crippen LogP) is 7.67. The maximum absolute atomic E-state index is 6.34. The van der Waals surface area contributed by atoms with Gasteiger partial charge in [0.25, 0.3) is 0 Å². The van der Waals surface area contributed by atoms with E-state index < -0.39 is 0 Å². The Morgan fingerprint density at radius 3 is 1.18 bits per heavy atom. The number of rotatable bonds is 5. The Kier molecular flexibility index (Phi) is 7.92. The molecule has 0 N–H and O–H groups in total. The van der Waals surface area contributed by atoms with Crippen LogP contribution in [0.3, 0.4) is 0 Å². The molecule has 3 aromatic rings. The van der Waals surface area contributed by atoms with Gasteiger partial charge >= 0.3 is 14.2 Å². The highest BCUT2D eigenvalue weighted by molar-refractivity contribution is 6.62. The van der Waals surface area contributed by atoms with Crippen LogP contribution in [-0.4, -0.2) is 36.6 Å². The van der Waals surface area contributed by atoms with Crippen molar-refractivity contribution in [2.45, 2.75) is 129 Å². The molecular weight excluding hydrogens is 556 g/mol. The monoisotopic (exact) mass is 607 g/mol. The van der Waals surface area contributed by atoms with Gasteiger partial charge in [0.1, 0.15) is 0 Å². The zero-order chi connectivity index (χ0) is 32.6. The minimum Gasteiger partial charge on any atom is -0.399 e. The summed E-state index contributed by atoms with van der Waals surface area (Å²) in [5.74, 6) is 0. The molecule has 3 aromatic carbocycles. The molecule has 0 aliphatic carbocycles. The van der Waals surface area contributed by atoms with Gasteiger partial charge in [0, 0.05) is 5.69 Å². The van der Waals surface area contributed by atoms with Crippen LogP contribution < -0.4 is 15.8 Å². The Balaban J connectivity index is 1.29. The third-order valence-electron chi connectivity index (χ3n) is 11.1. The molecule has 0 bridgehead atoms. The van der Waals surface area contributed by atoms with Crippen molar-refractivity contribution in [1.29, 1.82) is 0 Å². The molecule has 0 saturated carbocycles. The fourth-order valence-corrected chi connectivity index (χ4v) is 6.67. The SMILES string of the molecule is CC(C)(C)c1ccc(N2[C@@H](c3ccc(B4OC(C)(C)C(C)(C)O4)cc3)CC[C@@H]2c2ccc(B3OC(C)(C)C(C)(C)O3)cc2)cc1. The van der Waals surface area contributed by atoms with Gasteiger partial charge in [-0.2, -0.15) is 0 Å². The highest BCUT2D eigenvalue weighted by atomic mass is 16.7. The van der Waals surface area contributed by atoms with E-state index in [1.807, 2.05) is 0 Å². The average Bonchev–Trinajstić information content (AvgIpc) is 3.56. The second-order valence-electron chi connectivity index (χ2n) is 16.3. The van der Waals surface area contributed by atoms with Crippen LogP contribution in [0.25, 0.3) is 0 Å². The van der Waals surface area contributed by atoms with Gasteiger partial charge in [0.2, 0.25) is 0 Å². The molecule has 7 heteroatoms. The van der Waals surface area contributed by atoms with Crippen molar-refractivity contribution < 1.29 is 18.6 Å². The van der Waals surface area contributed by atoms with E-state index in [1.165, 1.54) is 22.4 Å². The van der Waals surface area contributed by atoms with Gasteiger partial charge in [0.05, 0.1) is 34.5 Å². The molecule has 6 rings (SSSR count). The minimum atomic E-state index is -0.358. The number of hydrogen-bond acceptors (Lipinski definition) is 5. The average molecular weight is 607 g/mol. The lowest BCUT2D eigenvalue weighted by atomic mass is 9.78. The Hall–Kier alpha value is -2.57. The molecule has 238 valence electrons. The van der Waals surface area contributed by atoms with Gasteiger partial charge in [-0.25, -0.2) is 0 Å². The normalized spacial score (nSPS) is 25.3. The number of anilines is 1. The number of nitrogens with zero attached hydrogens (tertiary/aromatic N) is 1. The molecule has 3 saturated heterocycles. The van der Waals surface area contributed by atoms with Crippen molar-refractivity contribution in [3.8, 4) is 0 Å². The lowest BCUT2D eigenvalue weighted by Crippen LogP contribution is -2.41. The molecular formula is C38H51B2NO4. The van der Waals surface area contributed by atoms with E-state index in [0.29, 0.717) is 0 Å². The molecule has 3 aliphatic heterocycles. The van der Waals surface area contributed by atoms with Gasteiger partial charge in [-0.05, 0) is 113 Å². The summed E-state index contributed by atoms with van der Waals surface area (Å²) in [6.07, 6.45) is 2.14. The zero-order valence-corrected chi connectivity index (χ0v) is 29.2. The molecule has 0 radical (unpaired) electrons. The van der Waals surface area contributed by atoms with E-state index in [-0.39, 0.29) is 54.1 Å². The van der Waals surface area contributed by atoms with Gasteiger partial charge in [-0.3, -0.25) is 0 Å². The lowest BCUT2D eigenvalue weighted by Gasteiger charge is -2.34. The molecule has 5 nitrogen and oxygen atoms in total. The Labute approximate surface area is 272 Å². The van der Waals surface area contributed by atoms with Crippen LogP contribution in [0, 0.1) is 0 Å². The summed E-state index contributed by atoms with van der Waals surface area (Å²) in [6.45, 7) is 23.6. The fraction of sp³-hybridized carbons (Fsp3) is 0.526. The maximum atomic E-state index is 6.34. The molecule has 0 spiro atoms. The van der Waals surface area contributed by atoms with Crippen molar-refractivity contribution in [2.24, 2.45) is 0 Å². The summed E-state index contributed by atoms with van der Waals surface area (Å²) in [4.78, 5) is 2.63. The summed E-state index contributed by atoms with van der Waals surface area (Å²) < 4.78 is 25.4. The first kappa shape index (κ1) is 32.4. The molecule has 3 fully saturated rings. The Bertz CT molecular complexity index is 1390. The Morgan fingerprint density at radius 1 is 0.533 bits per heavy atom. The summed E-state index contributed by atoms with van der Waals surface area (Å²) in [5.41, 5.74) is 6.01. The summed E-state index contributed by atoms with van der Waals surface area (Å²) >= 11 is 0. The Morgan fingerprint density at radius 2 is 0.867 bits per heavy atom. The van der Waals surface area contributed by atoms with Crippen LogP contribution in [-0.2, 0) is 24.0 Å². The van der Waals surface area contributed by atoms with Gasteiger partial charge in [-0.1, -0.05) is 81.4 Å². The van der Waals surface area contributed by atoms with Crippen LogP contribution >= 0.6 is 0 Å².